The molecule has 0 amide bonds. The normalized spacial score (nSPS) is 10.9. The van der Waals surface area contributed by atoms with Crippen LogP contribution in [0.15, 0.2) is 5.38 Å². The number of thiazole rings is 1. The Balaban J connectivity index is 2.19. The maximum Gasteiger partial charge on any atom is 0.135 e. The lowest BCUT2D eigenvalue weighted by Gasteiger charge is -2.10. The van der Waals surface area contributed by atoms with Crippen molar-refractivity contribution in [1.82, 2.24) is 20.3 Å². The average Bonchev–Trinajstić information content (AvgIpc) is 2.74. The average molecular weight is 276 g/mol. The molecule has 0 fully saturated rings. The Hall–Kier alpha value is -1.33. The quantitative estimate of drug-likeness (QED) is 0.912. The second-order valence-corrected chi connectivity index (χ2v) is 5.57. The summed E-state index contributed by atoms with van der Waals surface area (Å²) in [5.41, 5.74) is 4.41. The van der Waals surface area contributed by atoms with E-state index < -0.39 is 0 Å². The first-order valence-electron chi connectivity index (χ1n) is 6.55. The van der Waals surface area contributed by atoms with Crippen LogP contribution in [-0.2, 0) is 13.0 Å². The SMILES string of the molecule is CCNCc1c(C)nc(Cc2nc(C)cs2)nc1C. The molecule has 0 bridgehead atoms. The van der Waals surface area contributed by atoms with Crippen LogP contribution in [0.4, 0.5) is 0 Å². The first-order valence-corrected chi connectivity index (χ1v) is 7.42. The van der Waals surface area contributed by atoms with E-state index in [0.717, 1.165) is 47.4 Å². The summed E-state index contributed by atoms with van der Waals surface area (Å²) < 4.78 is 0. The van der Waals surface area contributed by atoms with Gasteiger partial charge in [0.15, 0.2) is 0 Å². The Kier molecular flexibility index (Phi) is 4.61. The van der Waals surface area contributed by atoms with E-state index in [1.54, 1.807) is 11.3 Å². The zero-order valence-electron chi connectivity index (χ0n) is 11.9. The third kappa shape index (κ3) is 3.58. The summed E-state index contributed by atoms with van der Waals surface area (Å²) in [6, 6.07) is 0. The van der Waals surface area contributed by atoms with Crippen LogP contribution in [0.5, 0.6) is 0 Å². The Morgan fingerprint density at radius 2 is 1.79 bits per heavy atom. The summed E-state index contributed by atoms with van der Waals surface area (Å²) in [6.45, 7) is 10.0. The molecule has 0 atom stereocenters. The molecular weight excluding hydrogens is 256 g/mol. The van der Waals surface area contributed by atoms with Crippen molar-refractivity contribution in [3.63, 3.8) is 0 Å². The number of aromatic nitrogens is 3. The first-order chi connectivity index (χ1) is 9.10. The van der Waals surface area contributed by atoms with Crippen LogP contribution in [0.2, 0.25) is 0 Å². The Morgan fingerprint density at radius 3 is 2.32 bits per heavy atom. The van der Waals surface area contributed by atoms with Crippen molar-refractivity contribution >= 4 is 11.3 Å². The highest BCUT2D eigenvalue weighted by Crippen LogP contribution is 2.15. The van der Waals surface area contributed by atoms with Crippen LogP contribution < -0.4 is 5.32 Å². The predicted molar refractivity (Wildman–Crippen MR) is 78.5 cm³/mol. The van der Waals surface area contributed by atoms with Crippen molar-refractivity contribution in [2.45, 2.75) is 40.7 Å². The molecule has 2 aromatic rings. The lowest BCUT2D eigenvalue weighted by molar-refractivity contribution is 0.706. The van der Waals surface area contributed by atoms with E-state index in [2.05, 4.69) is 46.4 Å². The van der Waals surface area contributed by atoms with E-state index in [4.69, 9.17) is 0 Å². The molecule has 4 nitrogen and oxygen atoms in total. The van der Waals surface area contributed by atoms with E-state index in [-0.39, 0.29) is 0 Å². The van der Waals surface area contributed by atoms with Gasteiger partial charge in [0.25, 0.3) is 0 Å². The lowest BCUT2D eigenvalue weighted by Crippen LogP contribution is -2.16. The van der Waals surface area contributed by atoms with E-state index in [1.807, 2.05) is 6.92 Å². The number of nitrogens with one attached hydrogen (secondary N) is 1. The van der Waals surface area contributed by atoms with Crippen molar-refractivity contribution in [2.24, 2.45) is 0 Å². The summed E-state index contributed by atoms with van der Waals surface area (Å²) in [5, 5.41) is 6.47. The lowest BCUT2D eigenvalue weighted by atomic mass is 10.1. The maximum atomic E-state index is 4.61. The summed E-state index contributed by atoms with van der Waals surface area (Å²) in [5.74, 6) is 0.865. The third-order valence-corrected chi connectivity index (χ3v) is 3.96. The minimum atomic E-state index is 0.724. The molecule has 0 spiro atoms. The van der Waals surface area contributed by atoms with Gasteiger partial charge in [-0.25, -0.2) is 15.0 Å². The van der Waals surface area contributed by atoms with Crippen molar-refractivity contribution in [1.29, 1.82) is 0 Å². The van der Waals surface area contributed by atoms with Crippen molar-refractivity contribution < 1.29 is 0 Å². The van der Waals surface area contributed by atoms with Crippen LogP contribution in [0, 0.1) is 20.8 Å². The molecule has 2 heterocycles. The molecule has 102 valence electrons. The molecule has 5 heteroatoms. The number of hydrogen-bond donors (Lipinski definition) is 1. The van der Waals surface area contributed by atoms with Crippen molar-refractivity contribution in [3.05, 3.63) is 38.9 Å². The molecule has 0 aromatic carbocycles. The molecule has 19 heavy (non-hydrogen) atoms. The summed E-state index contributed by atoms with van der Waals surface area (Å²) in [4.78, 5) is 13.7. The highest BCUT2D eigenvalue weighted by Gasteiger charge is 2.10. The van der Waals surface area contributed by atoms with Crippen molar-refractivity contribution in [2.75, 3.05) is 6.54 Å². The minimum absolute atomic E-state index is 0.724. The van der Waals surface area contributed by atoms with Crippen LogP contribution >= 0.6 is 11.3 Å². The van der Waals surface area contributed by atoms with E-state index in [9.17, 15) is 0 Å². The molecule has 2 aromatic heterocycles. The Labute approximate surface area is 118 Å². The summed E-state index contributed by atoms with van der Waals surface area (Å²) in [6.07, 6.45) is 0.724. The highest BCUT2D eigenvalue weighted by atomic mass is 32.1. The van der Waals surface area contributed by atoms with Gasteiger partial charge in [0.2, 0.25) is 0 Å². The first kappa shape index (κ1) is 14.1. The van der Waals surface area contributed by atoms with Gasteiger partial charge < -0.3 is 5.32 Å². The molecule has 0 unspecified atom stereocenters. The van der Waals surface area contributed by atoms with Crippen LogP contribution in [0.3, 0.4) is 0 Å². The topological polar surface area (TPSA) is 50.7 Å². The largest absolute Gasteiger partial charge is 0.313 e. The fourth-order valence-corrected chi connectivity index (χ4v) is 2.78. The summed E-state index contributed by atoms with van der Waals surface area (Å²) >= 11 is 1.67. The Morgan fingerprint density at radius 1 is 1.11 bits per heavy atom. The molecule has 0 aliphatic rings. The summed E-state index contributed by atoms with van der Waals surface area (Å²) in [7, 11) is 0. The van der Waals surface area contributed by atoms with Crippen LogP contribution in [-0.4, -0.2) is 21.5 Å². The minimum Gasteiger partial charge on any atom is -0.313 e. The Bertz CT molecular complexity index is 539. The number of nitrogens with zero attached hydrogens (tertiary/aromatic N) is 3. The van der Waals surface area contributed by atoms with Gasteiger partial charge in [0.1, 0.15) is 10.8 Å². The van der Waals surface area contributed by atoms with Gasteiger partial charge in [0.05, 0.1) is 6.42 Å². The van der Waals surface area contributed by atoms with Gasteiger partial charge in [-0.05, 0) is 27.3 Å². The zero-order valence-corrected chi connectivity index (χ0v) is 12.8. The van der Waals surface area contributed by atoms with Crippen LogP contribution in [0.25, 0.3) is 0 Å². The standard InChI is InChI=1S/C14H20N4S/c1-5-15-7-12-10(3)17-13(18-11(12)4)6-14-16-9(2)8-19-14/h8,15H,5-7H2,1-4H3. The van der Waals surface area contributed by atoms with Gasteiger partial charge in [-0.15, -0.1) is 11.3 Å². The number of hydrogen-bond acceptors (Lipinski definition) is 5. The van der Waals surface area contributed by atoms with Crippen LogP contribution in [0.1, 0.15) is 40.4 Å². The van der Waals surface area contributed by atoms with Crippen molar-refractivity contribution in [3.8, 4) is 0 Å². The molecule has 1 N–H and O–H groups in total. The molecule has 0 aliphatic carbocycles. The molecule has 0 saturated carbocycles. The predicted octanol–water partition coefficient (Wildman–Crippen LogP) is 2.56. The fourth-order valence-electron chi connectivity index (χ4n) is 2.01. The second-order valence-electron chi connectivity index (χ2n) is 4.63. The van der Waals surface area contributed by atoms with E-state index >= 15 is 0 Å². The van der Waals surface area contributed by atoms with Gasteiger partial charge in [-0.1, -0.05) is 6.92 Å². The molecule has 0 radical (unpaired) electrons. The van der Waals surface area contributed by atoms with Gasteiger partial charge in [0, 0.05) is 34.6 Å². The molecule has 2 rings (SSSR count). The van der Waals surface area contributed by atoms with Gasteiger partial charge in [-0.2, -0.15) is 0 Å². The smallest absolute Gasteiger partial charge is 0.135 e. The molecular formula is C14H20N4S. The zero-order chi connectivity index (χ0) is 13.8. The fraction of sp³-hybridized carbons (Fsp3) is 0.500. The van der Waals surface area contributed by atoms with Gasteiger partial charge >= 0.3 is 0 Å². The second kappa shape index (κ2) is 6.21. The van der Waals surface area contributed by atoms with E-state index in [1.165, 1.54) is 5.56 Å². The molecule has 0 aliphatic heterocycles. The van der Waals surface area contributed by atoms with Gasteiger partial charge in [-0.3, -0.25) is 0 Å². The maximum absolute atomic E-state index is 4.61. The third-order valence-electron chi connectivity index (χ3n) is 2.99. The highest BCUT2D eigenvalue weighted by molar-refractivity contribution is 7.09. The molecule has 0 saturated heterocycles. The number of rotatable bonds is 5. The monoisotopic (exact) mass is 276 g/mol. The number of aryl methyl sites for hydroxylation is 3. The van der Waals surface area contributed by atoms with E-state index in [0.29, 0.717) is 0 Å².